The van der Waals surface area contributed by atoms with Crippen LogP contribution in [-0.2, 0) is 0 Å². The van der Waals surface area contributed by atoms with E-state index in [1.165, 1.54) is 0 Å². The second-order valence-electron chi connectivity index (χ2n) is 5.70. The molecule has 1 aromatic heterocycles. The third-order valence-electron chi connectivity index (χ3n) is 3.92. The Kier molecular flexibility index (Phi) is 5.75. The molecule has 1 unspecified atom stereocenters. The molecule has 2 aromatic carbocycles. The van der Waals surface area contributed by atoms with Crippen LogP contribution in [0.3, 0.4) is 0 Å². The number of carbonyl (C=O) groups excluding carboxylic acids is 1. The van der Waals surface area contributed by atoms with E-state index >= 15 is 0 Å². The summed E-state index contributed by atoms with van der Waals surface area (Å²) >= 11 is 3.37. The van der Waals surface area contributed by atoms with Crippen LogP contribution in [0.15, 0.2) is 51.5 Å². The molecule has 1 heterocycles. The zero-order chi connectivity index (χ0) is 19.4. The number of nitrogens with zero attached hydrogens (tertiary/aromatic N) is 2. The Labute approximate surface area is 164 Å². The van der Waals surface area contributed by atoms with E-state index in [-0.39, 0.29) is 5.91 Å². The van der Waals surface area contributed by atoms with E-state index in [1.807, 2.05) is 6.07 Å². The largest absolute Gasteiger partial charge is 0.493 e. The number of hydrogen-bond acceptors (Lipinski definition) is 6. The highest BCUT2D eigenvalue weighted by Gasteiger charge is 2.19. The molecular formula is C19H18BrN3O4. The monoisotopic (exact) mass is 431 g/mol. The van der Waals surface area contributed by atoms with Gasteiger partial charge in [0.05, 0.1) is 19.8 Å². The number of halogens is 1. The van der Waals surface area contributed by atoms with Gasteiger partial charge in [0.1, 0.15) is 6.04 Å². The first-order valence-electron chi connectivity index (χ1n) is 8.15. The van der Waals surface area contributed by atoms with Crippen LogP contribution >= 0.6 is 15.9 Å². The van der Waals surface area contributed by atoms with Crippen molar-refractivity contribution in [3.8, 4) is 22.9 Å². The van der Waals surface area contributed by atoms with Crippen molar-refractivity contribution >= 4 is 21.8 Å². The van der Waals surface area contributed by atoms with Crippen molar-refractivity contribution in [2.45, 2.75) is 13.0 Å². The van der Waals surface area contributed by atoms with Crippen LogP contribution in [0, 0.1) is 0 Å². The van der Waals surface area contributed by atoms with Gasteiger partial charge in [0.15, 0.2) is 11.5 Å². The first-order chi connectivity index (χ1) is 13.0. The van der Waals surface area contributed by atoms with E-state index < -0.39 is 6.04 Å². The van der Waals surface area contributed by atoms with Crippen LogP contribution in [0.4, 0.5) is 0 Å². The van der Waals surface area contributed by atoms with Gasteiger partial charge >= 0.3 is 0 Å². The van der Waals surface area contributed by atoms with E-state index in [2.05, 4.69) is 31.4 Å². The molecule has 7 nitrogen and oxygen atoms in total. The molecule has 1 N–H and O–H groups in total. The highest BCUT2D eigenvalue weighted by Crippen LogP contribution is 2.31. The number of hydrogen-bond donors (Lipinski definition) is 1. The normalized spacial score (nSPS) is 11.7. The number of methoxy groups -OCH3 is 2. The van der Waals surface area contributed by atoms with Crippen LogP contribution in [0.25, 0.3) is 11.4 Å². The Morgan fingerprint density at radius 1 is 1.15 bits per heavy atom. The van der Waals surface area contributed by atoms with Gasteiger partial charge in [0, 0.05) is 10.0 Å². The molecule has 1 atom stereocenters. The number of nitrogens with one attached hydrogen (secondary N) is 1. The lowest BCUT2D eigenvalue weighted by Gasteiger charge is -2.10. The average molecular weight is 432 g/mol. The van der Waals surface area contributed by atoms with Crippen molar-refractivity contribution in [1.29, 1.82) is 0 Å². The lowest BCUT2D eigenvalue weighted by atomic mass is 10.2. The third-order valence-corrected chi connectivity index (χ3v) is 4.61. The first-order valence-corrected chi connectivity index (χ1v) is 8.94. The predicted octanol–water partition coefficient (Wildman–Crippen LogP) is 4.01. The molecular weight excluding hydrogens is 414 g/mol. The summed E-state index contributed by atoms with van der Waals surface area (Å²) in [7, 11) is 3.13. The quantitative estimate of drug-likeness (QED) is 0.634. The van der Waals surface area contributed by atoms with Gasteiger partial charge in [-0.1, -0.05) is 17.3 Å². The highest BCUT2D eigenvalue weighted by atomic mass is 79.9. The molecule has 8 heteroatoms. The maximum atomic E-state index is 12.4. The smallest absolute Gasteiger partial charge is 0.253 e. The van der Waals surface area contributed by atoms with E-state index in [0.29, 0.717) is 38.8 Å². The predicted molar refractivity (Wildman–Crippen MR) is 103 cm³/mol. The Morgan fingerprint density at radius 2 is 1.89 bits per heavy atom. The number of aromatic nitrogens is 2. The second kappa shape index (κ2) is 8.22. The van der Waals surface area contributed by atoms with Gasteiger partial charge in [0.25, 0.3) is 5.91 Å². The van der Waals surface area contributed by atoms with Crippen LogP contribution in [0.2, 0.25) is 0 Å². The van der Waals surface area contributed by atoms with E-state index in [1.54, 1.807) is 57.5 Å². The molecule has 0 aliphatic carbocycles. The summed E-state index contributed by atoms with van der Waals surface area (Å²) in [5.74, 6) is 1.64. The van der Waals surface area contributed by atoms with E-state index in [9.17, 15) is 4.79 Å². The Hall–Kier alpha value is -2.87. The lowest BCUT2D eigenvalue weighted by Crippen LogP contribution is -2.27. The molecule has 27 heavy (non-hydrogen) atoms. The fourth-order valence-corrected chi connectivity index (χ4v) is 2.95. The fourth-order valence-electron chi connectivity index (χ4n) is 2.49. The molecule has 3 rings (SSSR count). The minimum Gasteiger partial charge on any atom is -0.493 e. The maximum Gasteiger partial charge on any atom is 0.253 e. The van der Waals surface area contributed by atoms with Gasteiger partial charge in [-0.15, -0.1) is 0 Å². The summed E-state index contributed by atoms with van der Waals surface area (Å²) < 4.78 is 16.6. The Morgan fingerprint density at radius 3 is 2.59 bits per heavy atom. The van der Waals surface area contributed by atoms with Crippen LogP contribution in [0.5, 0.6) is 11.5 Å². The molecule has 0 bridgehead atoms. The van der Waals surface area contributed by atoms with Crippen molar-refractivity contribution in [2.75, 3.05) is 14.2 Å². The topological polar surface area (TPSA) is 86.5 Å². The van der Waals surface area contributed by atoms with Gasteiger partial charge in [0.2, 0.25) is 11.7 Å². The molecule has 140 valence electrons. The molecule has 1 amide bonds. The van der Waals surface area contributed by atoms with Gasteiger partial charge in [-0.2, -0.15) is 4.98 Å². The van der Waals surface area contributed by atoms with Crippen LogP contribution in [0.1, 0.15) is 29.2 Å². The zero-order valence-corrected chi connectivity index (χ0v) is 16.6. The van der Waals surface area contributed by atoms with Crippen molar-refractivity contribution in [3.63, 3.8) is 0 Å². The minimum atomic E-state index is -0.453. The van der Waals surface area contributed by atoms with Gasteiger partial charge in [-0.3, -0.25) is 4.79 Å². The molecule has 0 saturated carbocycles. The number of carbonyl (C=O) groups is 1. The molecule has 3 aromatic rings. The van der Waals surface area contributed by atoms with Crippen molar-refractivity contribution < 1.29 is 18.8 Å². The van der Waals surface area contributed by atoms with E-state index in [0.717, 1.165) is 0 Å². The fraction of sp³-hybridized carbons (Fsp3) is 0.211. The summed E-state index contributed by atoms with van der Waals surface area (Å²) in [6.45, 7) is 1.78. The second-order valence-corrected chi connectivity index (χ2v) is 6.56. The molecule has 0 aliphatic heterocycles. The Balaban J connectivity index is 1.77. The van der Waals surface area contributed by atoms with Crippen molar-refractivity contribution in [2.24, 2.45) is 0 Å². The van der Waals surface area contributed by atoms with E-state index in [4.69, 9.17) is 14.0 Å². The van der Waals surface area contributed by atoms with Gasteiger partial charge in [-0.05, 0) is 53.2 Å². The van der Waals surface area contributed by atoms with Crippen LogP contribution in [-0.4, -0.2) is 30.3 Å². The summed E-state index contributed by atoms with van der Waals surface area (Å²) in [5.41, 5.74) is 1.25. The molecule has 0 aliphatic rings. The van der Waals surface area contributed by atoms with Gasteiger partial charge < -0.3 is 19.3 Å². The van der Waals surface area contributed by atoms with Crippen molar-refractivity contribution in [1.82, 2.24) is 15.5 Å². The van der Waals surface area contributed by atoms with Gasteiger partial charge in [-0.25, -0.2) is 0 Å². The SMILES string of the molecule is COc1ccc(-c2noc(C(C)NC(=O)c3ccccc3Br)n2)cc1OC. The highest BCUT2D eigenvalue weighted by molar-refractivity contribution is 9.10. The Bertz CT molecular complexity index is 958. The summed E-state index contributed by atoms with van der Waals surface area (Å²) in [6.07, 6.45) is 0. The molecule has 0 spiro atoms. The van der Waals surface area contributed by atoms with Crippen molar-refractivity contribution in [3.05, 3.63) is 58.4 Å². The molecule has 0 saturated heterocycles. The number of ether oxygens (including phenoxy) is 2. The van der Waals surface area contributed by atoms with Crippen LogP contribution < -0.4 is 14.8 Å². The third kappa shape index (κ3) is 4.11. The number of amides is 1. The zero-order valence-electron chi connectivity index (χ0n) is 15.0. The number of rotatable bonds is 6. The first kappa shape index (κ1) is 18.9. The lowest BCUT2D eigenvalue weighted by molar-refractivity contribution is 0.0931. The summed E-state index contributed by atoms with van der Waals surface area (Å²) in [6, 6.07) is 12.1. The minimum absolute atomic E-state index is 0.235. The summed E-state index contributed by atoms with van der Waals surface area (Å²) in [4.78, 5) is 16.8. The molecule has 0 radical (unpaired) electrons. The maximum absolute atomic E-state index is 12.4. The summed E-state index contributed by atoms with van der Waals surface area (Å²) in [5, 5.41) is 6.84. The average Bonchev–Trinajstić information content (AvgIpc) is 3.18. The standard InChI is InChI=1S/C19H18BrN3O4/c1-11(21-18(24)13-6-4-5-7-14(13)20)19-22-17(23-27-19)12-8-9-15(25-2)16(10-12)26-3/h4-11H,1-3H3,(H,21,24). The molecule has 0 fully saturated rings. The number of benzene rings is 2.